The number of anilines is 1. The summed E-state index contributed by atoms with van der Waals surface area (Å²) in [6.07, 6.45) is 0.894. The van der Waals surface area contributed by atoms with Crippen molar-refractivity contribution in [3.63, 3.8) is 0 Å². The van der Waals surface area contributed by atoms with Crippen LogP contribution in [0.15, 0.2) is 47.4 Å². The number of amides is 1. The Morgan fingerprint density at radius 2 is 1.76 bits per heavy atom. The van der Waals surface area contributed by atoms with Crippen LogP contribution in [0.4, 0.5) is 5.69 Å². The van der Waals surface area contributed by atoms with E-state index in [0.29, 0.717) is 5.69 Å². The maximum Gasteiger partial charge on any atom is 0.242 e. The lowest BCUT2D eigenvalue weighted by Gasteiger charge is -2.15. The van der Waals surface area contributed by atoms with Crippen molar-refractivity contribution in [1.29, 1.82) is 0 Å². The van der Waals surface area contributed by atoms with Crippen molar-refractivity contribution in [3.8, 4) is 0 Å². The zero-order valence-corrected chi connectivity index (χ0v) is 16.0. The SMILES string of the molecule is CCc1ccc(NC(=O)[C@@H](C)NS(=O)(=O)c2cc(Cl)ccc2Cl)cc1. The molecule has 2 aromatic rings. The summed E-state index contributed by atoms with van der Waals surface area (Å²) in [5.74, 6) is -0.481. The number of hydrogen-bond acceptors (Lipinski definition) is 3. The Balaban J connectivity index is 2.10. The highest BCUT2D eigenvalue weighted by Crippen LogP contribution is 2.25. The van der Waals surface area contributed by atoms with Crippen LogP contribution < -0.4 is 10.0 Å². The highest BCUT2D eigenvalue weighted by molar-refractivity contribution is 7.89. The fourth-order valence-corrected chi connectivity index (χ4v) is 4.07. The average Bonchev–Trinajstić information content (AvgIpc) is 2.57. The molecule has 0 aromatic heterocycles. The molecule has 2 aromatic carbocycles. The van der Waals surface area contributed by atoms with E-state index in [1.165, 1.54) is 25.1 Å². The summed E-state index contributed by atoms with van der Waals surface area (Å²) in [5, 5.41) is 2.93. The minimum Gasteiger partial charge on any atom is -0.325 e. The van der Waals surface area contributed by atoms with Gasteiger partial charge in [-0.05, 0) is 49.2 Å². The summed E-state index contributed by atoms with van der Waals surface area (Å²) >= 11 is 11.7. The summed E-state index contributed by atoms with van der Waals surface area (Å²) in [6.45, 7) is 3.48. The van der Waals surface area contributed by atoms with E-state index in [1.807, 2.05) is 19.1 Å². The van der Waals surface area contributed by atoms with Gasteiger partial charge in [0.25, 0.3) is 0 Å². The molecule has 0 unspecified atom stereocenters. The van der Waals surface area contributed by atoms with Gasteiger partial charge in [0, 0.05) is 10.7 Å². The van der Waals surface area contributed by atoms with Gasteiger partial charge in [-0.1, -0.05) is 42.3 Å². The van der Waals surface area contributed by atoms with Crippen LogP contribution in [-0.4, -0.2) is 20.4 Å². The Bertz CT molecular complexity index is 868. The lowest BCUT2D eigenvalue weighted by atomic mass is 10.1. The standard InChI is InChI=1S/C17H18Cl2N2O3S/c1-3-12-4-7-14(8-5-12)20-17(22)11(2)21-25(23,24)16-10-13(18)6-9-15(16)19/h4-11,21H,3H2,1-2H3,(H,20,22)/t11-/m1/s1. The molecule has 5 nitrogen and oxygen atoms in total. The molecule has 0 saturated heterocycles. The van der Waals surface area contributed by atoms with Gasteiger partial charge in [-0.3, -0.25) is 4.79 Å². The van der Waals surface area contributed by atoms with Gasteiger partial charge >= 0.3 is 0 Å². The first-order valence-electron chi connectivity index (χ1n) is 7.60. The third-order valence-corrected chi connectivity index (χ3v) is 5.80. The molecule has 0 aliphatic carbocycles. The fourth-order valence-electron chi connectivity index (χ4n) is 2.11. The van der Waals surface area contributed by atoms with Gasteiger partial charge < -0.3 is 5.32 Å². The second kappa shape index (κ2) is 8.19. The lowest BCUT2D eigenvalue weighted by Crippen LogP contribution is -2.41. The minimum atomic E-state index is -3.99. The zero-order chi connectivity index (χ0) is 18.6. The Kier molecular flexibility index (Phi) is 6.46. The number of benzene rings is 2. The van der Waals surface area contributed by atoms with E-state index in [1.54, 1.807) is 12.1 Å². The number of hydrogen-bond donors (Lipinski definition) is 2. The van der Waals surface area contributed by atoms with Crippen molar-refractivity contribution in [2.75, 3.05) is 5.32 Å². The van der Waals surface area contributed by atoms with Gasteiger partial charge in [-0.25, -0.2) is 8.42 Å². The van der Waals surface area contributed by atoms with Crippen LogP contribution in [-0.2, 0) is 21.2 Å². The smallest absolute Gasteiger partial charge is 0.242 e. The molecule has 134 valence electrons. The molecular formula is C17H18Cl2N2O3S. The van der Waals surface area contributed by atoms with Crippen LogP contribution in [0.5, 0.6) is 0 Å². The van der Waals surface area contributed by atoms with E-state index in [-0.39, 0.29) is 14.9 Å². The Labute approximate surface area is 157 Å². The summed E-state index contributed by atoms with van der Waals surface area (Å²) in [6, 6.07) is 10.5. The number of sulfonamides is 1. The molecule has 0 heterocycles. The Hall–Kier alpha value is -1.60. The van der Waals surface area contributed by atoms with Crippen LogP contribution in [0.1, 0.15) is 19.4 Å². The van der Waals surface area contributed by atoms with E-state index in [0.717, 1.165) is 12.0 Å². The van der Waals surface area contributed by atoms with Crippen molar-refractivity contribution < 1.29 is 13.2 Å². The van der Waals surface area contributed by atoms with Gasteiger partial charge in [0.05, 0.1) is 11.1 Å². The van der Waals surface area contributed by atoms with Crippen molar-refractivity contribution in [3.05, 3.63) is 58.1 Å². The predicted molar refractivity (Wildman–Crippen MR) is 101 cm³/mol. The Morgan fingerprint density at radius 1 is 1.12 bits per heavy atom. The Morgan fingerprint density at radius 3 is 2.36 bits per heavy atom. The largest absolute Gasteiger partial charge is 0.325 e. The van der Waals surface area contributed by atoms with E-state index >= 15 is 0 Å². The minimum absolute atomic E-state index is 0.0275. The molecule has 2 rings (SSSR count). The molecular weight excluding hydrogens is 383 g/mol. The summed E-state index contributed by atoms with van der Waals surface area (Å²) < 4.78 is 27.1. The first-order chi connectivity index (χ1) is 11.7. The molecule has 0 saturated carbocycles. The van der Waals surface area contributed by atoms with Crippen LogP contribution in [0, 0.1) is 0 Å². The van der Waals surface area contributed by atoms with E-state index in [4.69, 9.17) is 23.2 Å². The molecule has 1 atom stereocenters. The molecule has 1 amide bonds. The van der Waals surface area contributed by atoms with E-state index in [9.17, 15) is 13.2 Å². The van der Waals surface area contributed by atoms with Crippen molar-refractivity contribution in [2.45, 2.75) is 31.2 Å². The van der Waals surface area contributed by atoms with Gasteiger partial charge in [-0.15, -0.1) is 0 Å². The molecule has 0 bridgehead atoms. The average molecular weight is 401 g/mol. The third-order valence-electron chi connectivity index (χ3n) is 3.54. The van der Waals surface area contributed by atoms with Gasteiger partial charge in [-0.2, -0.15) is 4.72 Å². The van der Waals surface area contributed by atoms with E-state index in [2.05, 4.69) is 10.0 Å². The third kappa shape index (κ3) is 5.19. The molecule has 0 fully saturated rings. The summed E-state index contributed by atoms with van der Waals surface area (Å²) in [7, 11) is -3.99. The number of carbonyl (C=O) groups excluding carboxylic acids is 1. The monoisotopic (exact) mass is 400 g/mol. The summed E-state index contributed by atoms with van der Waals surface area (Å²) in [4.78, 5) is 12.1. The maximum absolute atomic E-state index is 12.4. The van der Waals surface area contributed by atoms with Crippen molar-refractivity contribution in [1.82, 2.24) is 4.72 Å². The first-order valence-corrected chi connectivity index (χ1v) is 9.84. The fraction of sp³-hybridized carbons (Fsp3) is 0.235. The van der Waals surface area contributed by atoms with Crippen LogP contribution in [0.2, 0.25) is 10.0 Å². The normalized spacial score (nSPS) is 12.6. The van der Waals surface area contributed by atoms with Crippen LogP contribution in [0.25, 0.3) is 0 Å². The molecule has 2 N–H and O–H groups in total. The zero-order valence-electron chi connectivity index (χ0n) is 13.7. The second-order valence-corrected chi connectivity index (χ2v) is 7.98. The van der Waals surface area contributed by atoms with Crippen LogP contribution in [0.3, 0.4) is 0 Å². The number of aryl methyl sites for hydroxylation is 1. The number of carbonyl (C=O) groups is 1. The van der Waals surface area contributed by atoms with E-state index < -0.39 is 22.0 Å². The molecule has 0 aliphatic heterocycles. The van der Waals surface area contributed by atoms with Crippen LogP contribution >= 0.6 is 23.2 Å². The topological polar surface area (TPSA) is 75.3 Å². The molecule has 25 heavy (non-hydrogen) atoms. The van der Waals surface area contributed by atoms with Crippen molar-refractivity contribution >= 4 is 44.8 Å². The number of nitrogens with one attached hydrogen (secondary N) is 2. The maximum atomic E-state index is 12.4. The van der Waals surface area contributed by atoms with Gasteiger partial charge in [0.15, 0.2) is 0 Å². The number of rotatable bonds is 6. The highest BCUT2D eigenvalue weighted by atomic mass is 35.5. The summed E-state index contributed by atoms with van der Waals surface area (Å²) in [5.41, 5.74) is 1.73. The first kappa shape index (κ1) is 19.7. The van der Waals surface area contributed by atoms with Gasteiger partial charge in [0.1, 0.15) is 4.90 Å². The molecule has 8 heteroatoms. The van der Waals surface area contributed by atoms with Gasteiger partial charge in [0.2, 0.25) is 15.9 Å². The highest BCUT2D eigenvalue weighted by Gasteiger charge is 2.24. The number of halogens is 2. The predicted octanol–water partition coefficient (Wildman–Crippen LogP) is 3.86. The lowest BCUT2D eigenvalue weighted by molar-refractivity contribution is -0.117. The second-order valence-electron chi connectivity index (χ2n) is 5.46. The molecule has 0 aliphatic rings. The molecule has 0 spiro atoms. The quantitative estimate of drug-likeness (QED) is 0.772. The van der Waals surface area contributed by atoms with Crippen molar-refractivity contribution in [2.24, 2.45) is 0 Å². The molecule has 0 radical (unpaired) electrons.